The molecule has 0 aromatic rings. The Labute approximate surface area is 99.2 Å². The predicted octanol–water partition coefficient (Wildman–Crippen LogP) is 2.06. The summed E-state index contributed by atoms with van der Waals surface area (Å²) in [5.41, 5.74) is 0. The van der Waals surface area contributed by atoms with Gasteiger partial charge in [0.25, 0.3) is 0 Å². The van der Waals surface area contributed by atoms with E-state index in [1.165, 1.54) is 44.8 Å². The van der Waals surface area contributed by atoms with Crippen molar-refractivity contribution in [3.63, 3.8) is 0 Å². The molecule has 1 saturated heterocycles. The molecule has 2 nitrogen and oxygen atoms in total. The fourth-order valence-electron chi connectivity index (χ4n) is 2.29. The molecule has 1 fully saturated rings. The molecule has 0 aliphatic carbocycles. The van der Waals surface area contributed by atoms with Crippen LogP contribution in [0.25, 0.3) is 0 Å². The number of nitrogens with one attached hydrogen (secondary N) is 1. The smallest absolute Gasteiger partial charge is 0.0246 e. The second-order valence-electron chi connectivity index (χ2n) is 4.54. The summed E-state index contributed by atoms with van der Waals surface area (Å²) in [5.74, 6) is 2.13. The van der Waals surface area contributed by atoms with Crippen molar-refractivity contribution < 1.29 is 0 Å². The quantitative estimate of drug-likeness (QED) is 0.703. The van der Waals surface area contributed by atoms with Crippen LogP contribution in [0, 0.1) is 5.92 Å². The van der Waals surface area contributed by atoms with Crippen LogP contribution in [0.5, 0.6) is 0 Å². The molecule has 0 bridgehead atoms. The van der Waals surface area contributed by atoms with Gasteiger partial charge in [-0.3, -0.25) is 4.90 Å². The first-order chi connectivity index (χ1) is 7.29. The van der Waals surface area contributed by atoms with Gasteiger partial charge in [-0.2, -0.15) is 11.8 Å². The van der Waals surface area contributed by atoms with Gasteiger partial charge in [-0.25, -0.2) is 0 Å². The zero-order valence-electron chi connectivity index (χ0n) is 10.5. The molecule has 1 N–H and O–H groups in total. The van der Waals surface area contributed by atoms with E-state index in [1.807, 2.05) is 11.8 Å². The average molecular weight is 230 g/mol. The van der Waals surface area contributed by atoms with E-state index in [-0.39, 0.29) is 0 Å². The minimum absolute atomic E-state index is 0.769. The summed E-state index contributed by atoms with van der Waals surface area (Å²) in [6.45, 7) is 9.58. The molecular weight excluding hydrogens is 204 g/mol. The first-order valence-electron chi connectivity index (χ1n) is 6.23. The Balaban J connectivity index is 2.35. The molecule has 15 heavy (non-hydrogen) atoms. The summed E-state index contributed by atoms with van der Waals surface area (Å²) in [5, 5.41) is 3.52. The van der Waals surface area contributed by atoms with Crippen molar-refractivity contribution in [2.45, 2.75) is 32.7 Å². The highest BCUT2D eigenvalue weighted by molar-refractivity contribution is 7.98. The minimum atomic E-state index is 0.769. The van der Waals surface area contributed by atoms with Gasteiger partial charge in [-0.1, -0.05) is 20.3 Å². The Morgan fingerprint density at radius 2 is 2.33 bits per heavy atom. The highest BCUT2D eigenvalue weighted by atomic mass is 32.2. The van der Waals surface area contributed by atoms with E-state index in [0.29, 0.717) is 0 Å². The summed E-state index contributed by atoms with van der Waals surface area (Å²) in [4.78, 5) is 2.70. The summed E-state index contributed by atoms with van der Waals surface area (Å²) >= 11 is 1.96. The van der Waals surface area contributed by atoms with Crippen molar-refractivity contribution in [3.05, 3.63) is 0 Å². The lowest BCUT2D eigenvalue weighted by Crippen LogP contribution is -2.54. The van der Waals surface area contributed by atoms with Gasteiger partial charge in [0, 0.05) is 25.7 Å². The number of rotatable bonds is 6. The lowest BCUT2D eigenvalue weighted by Gasteiger charge is -2.39. The molecule has 2 unspecified atom stereocenters. The molecule has 1 rings (SSSR count). The van der Waals surface area contributed by atoms with E-state index in [0.717, 1.165) is 12.0 Å². The molecule has 0 radical (unpaired) electrons. The zero-order chi connectivity index (χ0) is 11.1. The Morgan fingerprint density at radius 1 is 1.53 bits per heavy atom. The molecule has 3 heteroatoms. The predicted molar refractivity (Wildman–Crippen MR) is 70.7 cm³/mol. The summed E-state index contributed by atoms with van der Waals surface area (Å²) in [6, 6.07) is 0.769. The Bertz CT molecular complexity index is 164. The van der Waals surface area contributed by atoms with Crippen LogP contribution in [0.15, 0.2) is 0 Å². The second-order valence-corrected chi connectivity index (χ2v) is 5.52. The van der Waals surface area contributed by atoms with Gasteiger partial charge in [-0.05, 0) is 30.9 Å². The Morgan fingerprint density at radius 3 is 3.00 bits per heavy atom. The molecule has 0 aromatic carbocycles. The SMILES string of the molecule is CCC(C)C1CNCCN1CCCSC. The molecule has 0 saturated carbocycles. The van der Waals surface area contributed by atoms with Crippen LogP contribution >= 0.6 is 11.8 Å². The third kappa shape index (κ3) is 4.33. The van der Waals surface area contributed by atoms with Crippen molar-refractivity contribution >= 4 is 11.8 Å². The maximum atomic E-state index is 3.52. The molecule has 0 spiro atoms. The van der Waals surface area contributed by atoms with Gasteiger partial charge in [0.05, 0.1) is 0 Å². The van der Waals surface area contributed by atoms with Crippen molar-refractivity contribution in [3.8, 4) is 0 Å². The largest absolute Gasteiger partial charge is 0.314 e. The van der Waals surface area contributed by atoms with Crippen LogP contribution < -0.4 is 5.32 Å². The van der Waals surface area contributed by atoms with Crippen molar-refractivity contribution in [2.75, 3.05) is 38.2 Å². The van der Waals surface area contributed by atoms with Crippen LogP contribution in [-0.2, 0) is 0 Å². The van der Waals surface area contributed by atoms with E-state index in [9.17, 15) is 0 Å². The van der Waals surface area contributed by atoms with Gasteiger partial charge >= 0.3 is 0 Å². The number of hydrogen-bond acceptors (Lipinski definition) is 3. The highest BCUT2D eigenvalue weighted by Gasteiger charge is 2.25. The normalized spacial score (nSPS) is 25.4. The molecule has 0 aromatic heterocycles. The van der Waals surface area contributed by atoms with Crippen molar-refractivity contribution in [1.29, 1.82) is 0 Å². The van der Waals surface area contributed by atoms with E-state index >= 15 is 0 Å². The van der Waals surface area contributed by atoms with Gasteiger partial charge in [0.15, 0.2) is 0 Å². The van der Waals surface area contributed by atoms with Crippen molar-refractivity contribution in [2.24, 2.45) is 5.92 Å². The second kappa shape index (κ2) is 7.53. The molecule has 0 amide bonds. The lowest BCUT2D eigenvalue weighted by molar-refractivity contribution is 0.117. The topological polar surface area (TPSA) is 15.3 Å². The summed E-state index contributed by atoms with van der Waals surface area (Å²) in [6.07, 6.45) is 4.84. The van der Waals surface area contributed by atoms with Crippen molar-refractivity contribution in [1.82, 2.24) is 10.2 Å². The maximum absolute atomic E-state index is 3.52. The van der Waals surface area contributed by atoms with Gasteiger partial charge in [0.1, 0.15) is 0 Å². The van der Waals surface area contributed by atoms with Gasteiger partial charge < -0.3 is 5.32 Å². The fourth-order valence-corrected chi connectivity index (χ4v) is 2.71. The van der Waals surface area contributed by atoms with E-state index in [4.69, 9.17) is 0 Å². The number of hydrogen-bond donors (Lipinski definition) is 1. The average Bonchev–Trinajstić information content (AvgIpc) is 2.29. The first kappa shape index (κ1) is 13.3. The maximum Gasteiger partial charge on any atom is 0.0246 e. The molecule has 1 aliphatic rings. The van der Waals surface area contributed by atoms with Crippen LogP contribution in [0.2, 0.25) is 0 Å². The van der Waals surface area contributed by atoms with E-state index in [1.54, 1.807) is 0 Å². The van der Waals surface area contributed by atoms with Crippen LogP contribution in [0.1, 0.15) is 26.7 Å². The van der Waals surface area contributed by atoms with Crippen LogP contribution in [0.3, 0.4) is 0 Å². The lowest BCUT2D eigenvalue weighted by atomic mass is 9.96. The first-order valence-corrected chi connectivity index (χ1v) is 7.62. The van der Waals surface area contributed by atoms with Crippen LogP contribution in [-0.4, -0.2) is 49.1 Å². The monoisotopic (exact) mass is 230 g/mol. The number of nitrogens with zero attached hydrogens (tertiary/aromatic N) is 1. The standard InChI is InChI=1S/C12H26N2S/c1-4-11(2)12-10-13-6-8-14(12)7-5-9-15-3/h11-13H,4-10H2,1-3H3. The third-order valence-corrected chi connectivity index (χ3v) is 4.19. The highest BCUT2D eigenvalue weighted by Crippen LogP contribution is 2.16. The molecule has 90 valence electrons. The molecular formula is C12H26N2S. The molecule has 1 heterocycles. The third-order valence-electron chi connectivity index (χ3n) is 3.49. The fraction of sp³-hybridized carbons (Fsp3) is 1.00. The van der Waals surface area contributed by atoms with E-state index < -0.39 is 0 Å². The van der Waals surface area contributed by atoms with Gasteiger partial charge in [0.2, 0.25) is 0 Å². The molecule has 1 aliphatic heterocycles. The Kier molecular flexibility index (Phi) is 6.69. The number of piperazine rings is 1. The summed E-state index contributed by atoms with van der Waals surface area (Å²) in [7, 11) is 0. The van der Waals surface area contributed by atoms with Crippen LogP contribution in [0.4, 0.5) is 0 Å². The van der Waals surface area contributed by atoms with E-state index in [2.05, 4.69) is 30.3 Å². The number of thioether (sulfide) groups is 1. The molecule has 2 atom stereocenters. The summed E-state index contributed by atoms with van der Waals surface area (Å²) < 4.78 is 0. The zero-order valence-corrected chi connectivity index (χ0v) is 11.3. The minimum Gasteiger partial charge on any atom is -0.314 e. The van der Waals surface area contributed by atoms with Gasteiger partial charge in [-0.15, -0.1) is 0 Å². The Hall–Kier alpha value is 0.270.